The number of rotatable bonds is 4. The van der Waals surface area contributed by atoms with E-state index in [1.807, 2.05) is 6.07 Å². The van der Waals surface area contributed by atoms with Crippen molar-refractivity contribution in [2.75, 3.05) is 0 Å². The van der Waals surface area contributed by atoms with Gasteiger partial charge < -0.3 is 20.5 Å². The summed E-state index contributed by atoms with van der Waals surface area (Å²) in [6, 6.07) is 6.82. The van der Waals surface area contributed by atoms with Gasteiger partial charge in [-0.25, -0.2) is 9.59 Å². The summed E-state index contributed by atoms with van der Waals surface area (Å²) in [7, 11) is 0. The van der Waals surface area contributed by atoms with Crippen molar-refractivity contribution in [3.63, 3.8) is 0 Å². The van der Waals surface area contributed by atoms with E-state index in [-0.39, 0.29) is 6.61 Å². The van der Waals surface area contributed by atoms with Crippen LogP contribution in [0.15, 0.2) is 30.3 Å². The van der Waals surface area contributed by atoms with E-state index in [9.17, 15) is 14.4 Å². The van der Waals surface area contributed by atoms with Crippen LogP contribution in [0.2, 0.25) is 0 Å². The molecule has 7 heteroatoms. The van der Waals surface area contributed by atoms with E-state index in [4.69, 9.17) is 9.84 Å². The third-order valence-corrected chi connectivity index (χ3v) is 2.67. The lowest BCUT2D eigenvalue weighted by molar-refractivity contribution is -0.150. The molecule has 0 aromatic heterocycles. The second-order valence-electron chi connectivity index (χ2n) is 4.01. The number of alkyl carbamates (subject to hydrolysis) is 1. The molecule has 1 heterocycles. The Morgan fingerprint density at radius 3 is 2.58 bits per heavy atom. The summed E-state index contributed by atoms with van der Waals surface area (Å²) in [6.07, 6.45) is -0.824. The Kier molecular flexibility index (Phi) is 3.65. The Hall–Kier alpha value is -2.57. The fourth-order valence-corrected chi connectivity index (χ4v) is 1.63. The highest BCUT2D eigenvalue weighted by Crippen LogP contribution is 2.07. The van der Waals surface area contributed by atoms with Crippen molar-refractivity contribution >= 4 is 18.0 Å². The SMILES string of the molecule is O=C(N[C@H]1C(=O)N[C@H]1C(=O)O)OCc1ccccc1. The lowest BCUT2D eigenvalue weighted by Crippen LogP contribution is -2.71. The number of hydrogen-bond acceptors (Lipinski definition) is 4. The molecule has 7 nitrogen and oxygen atoms in total. The summed E-state index contributed by atoms with van der Waals surface area (Å²) in [5, 5.41) is 13.1. The number of nitrogens with one attached hydrogen (secondary N) is 2. The highest BCUT2D eigenvalue weighted by atomic mass is 16.5. The van der Waals surface area contributed by atoms with Gasteiger partial charge in [-0.05, 0) is 5.56 Å². The third-order valence-electron chi connectivity index (χ3n) is 2.67. The fourth-order valence-electron chi connectivity index (χ4n) is 1.63. The lowest BCUT2D eigenvalue weighted by atomic mass is 10.00. The number of amides is 2. The summed E-state index contributed by atoms with van der Waals surface area (Å²) in [5.74, 6) is -1.74. The maximum Gasteiger partial charge on any atom is 0.408 e. The zero-order valence-electron chi connectivity index (χ0n) is 9.83. The molecule has 2 rings (SSSR count). The number of carbonyl (C=O) groups excluding carboxylic acids is 2. The smallest absolute Gasteiger partial charge is 0.408 e. The van der Waals surface area contributed by atoms with E-state index in [0.717, 1.165) is 5.56 Å². The maximum atomic E-state index is 11.4. The fraction of sp³-hybridized carbons (Fsp3) is 0.250. The Labute approximate surface area is 108 Å². The van der Waals surface area contributed by atoms with Gasteiger partial charge in [-0.3, -0.25) is 4.79 Å². The van der Waals surface area contributed by atoms with Crippen molar-refractivity contribution in [1.29, 1.82) is 0 Å². The van der Waals surface area contributed by atoms with Crippen LogP contribution >= 0.6 is 0 Å². The van der Waals surface area contributed by atoms with E-state index in [0.29, 0.717) is 0 Å². The molecule has 0 radical (unpaired) electrons. The zero-order chi connectivity index (χ0) is 13.8. The topological polar surface area (TPSA) is 105 Å². The second-order valence-corrected chi connectivity index (χ2v) is 4.01. The molecule has 1 aromatic rings. The van der Waals surface area contributed by atoms with Gasteiger partial charge in [0.15, 0.2) is 6.04 Å². The van der Waals surface area contributed by atoms with Crippen LogP contribution < -0.4 is 10.6 Å². The van der Waals surface area contributed by atoms with Gasteiger partial charge >= 0.3 is 12.1 Å². The zero-order valence-corrected chi connectivity index (χ0v) is 9.83. The van der Waals surface area contributed by atoms with Crippen molar-refractivity contribution < 1.29 is 24.2 Å². The average molecular weight is 264 g/mol. The van der Waals surface area contributed by atoms with Gasteiger partial charge in [0.2, 0.25) is 5.91 Å². The first kappa shape index (κ1) is 12.9. The number of β-lactam (4-membered cyclic amide) rings is 1. The number of carboxylic acids is 1. The van der Waals surface area contributed by atoms with Crippen molar-refractivity contribution in [2.45, 2.75) is 18.7 Å². The summed E-state index contributed by atoms with van der Waals surface area (Å²) >= 11 is 0. The van der Waals surface area contributed by atoms with Gasteiger partial charge in [0.25, 0.3) is 0 Å². The van der Waals surface area contributed by atoms with Gasteiger partial charge in [-0.1, -0.05) is 30.3 Å². The van der Waals surface area contributed by atoms with Crippen molar-refractivity contribution in [2.24, 2.45) is 0 Å². The van der Waals surface area contributed by atoms with Gasteiger partial charge in [-0.2, -0.15) is 0 Å². The minimum Gasteiger partial charge on any atom is -0.480 e. The first-order valence-corrected chi connectivity index (χ1v) is 5.58. The van der Waals surface area contributed by atoms with E-state index < -0.39 is 30.1 Å². The van der Waals surface area contributed by atoms with E-state index in [2.05, 4.69) is 10.6 Å². The van der Waals surface area contributed by atoms with Gasteiger partial charge in [-0.15, -0.1) is 0 Å². The molecule has 2 amide bonds. The Bertz CT molecular complexity index is 502. The van der Waals surface area contributed by atoms with E-state index in [1.165, 1.54) is 0 Å². The van der Waals surface area contributed by atoms with Crippen molar-refractivity contribution in [3.8, 4) is 0 Å². The highest BCUT2D eigenvalue weighted by molar-refractivity contribution is 6.00. The summed E-state index contributed by atoms with van der Waals surface area (Å²) < 4.78 is 4.89. The molecule has 1 saturated heterocycles. The molecule has 0 saturated carbocycles. The Morgan fingerprint density at radius 1 is 1.32 bits per heavy atom. The quantitative estimate of drug-likeness (QED) is 0.657. The van der Waals surface area contributed by atoms with Crippen LogP contribution in [0.1, 0.15) is 5.56 Å². The van der Waals surface area contributed by atoms with Gasteiger partial charge in [0.1, 0.15) is 12.6 Å². The lowest BCUT2D eigenvalue weighted by Gasteiger charge is -2.33. The molecule has 0 bridgehead atoms. The number of aliphatic carboxylic acids is 1. The highest BCUT2D eigenvalue weighted by Gasteiger charge is 2.45. The molecule has 0 spiro atoms. The monoisotopic (exact) mass is 264 g/mol. The molecule has 1 aliphatic heterocycles. The third kappa shape index (κ3) is 3.01. The summed E-state index contributed by atoms with van der Waals surface area (Å²) in [6.45, 7) is 0.0543. The summed E-state index contributed by atoms with van der Waals surface area (Å²) in [4.78, 5) is 33.2. The molecule has 1 fully saturated rings. The predicted octanol–water partition coefficient (Wildman–Crippen LogP) is -0.136. The number of carbonyl (C=O) groups is 3. The number of ether oxygens (including phenoxy) is 1. The molecule has 1 aliphatic rings. The minimum absolute atomic E-state index is 0.0543. The summed E-state index contributed by atoms with van der Waals surface area (Å²) in [5.41, 5.74) is 0.797. The van der Waals surface area contributed by atoms with E-state index >= 15 is 0 Å². The van der Waals surface area contributed by atoms with E-state index in [1.54, 1.807) is 24.3 Å². The molecule has 1 aromatic carbocycles. The Balaban J connectivity index is 1.81. The Morgan fingerprint density at radius 2 is 2.00 bits per heavy atom. The van der Waals surface area contributed by atoms with Gasteiger partial charge in [0, 0.05) is 0 Å². The second kappa shape index (κ2) is 5.38. The standard InChI is InChI=1S/C12H12N2O5/c15-10-8(9(13-10)11(16)17)14-12(18)19-6-7-4-2-1-3-5-7/h1-5,8-9H,6H2,(H,13,15)(H,14,18)(H,16,17)/t8-,9-/m1/s1. The van der Waals surface area contributed by atoms with Crippen LogP contribution in [0.5, 0.6) is 0 Å². The van der Waals surface area contributed by atoms with Crippen molar-refractivity contribution in [1.82, 2.24) is 10.6 Å². The molecular weight excluding hydrogens is 252 g/mol. The largest absolute Gasteiger partial charge is 0.480 e. The molecule has 19 heavy (non-hydrogen) atoms. The number of hydrogen-bond donors (Lipinski definition) is 3. The molecule has 3 N–H and O–H groups in total. The molecular formula is C12H12N2O5. The number of carboxylic acid groups (broad SMARTS) is 1. The van der Waals surface area contributed by atoms with Gasteiger partial charge in [0.05, 0.1) is 0 Å². The van der Waals surface area contributed by atoms with Crippen LogP contribution in [0, 0.1) is 0 Å². The van der Waals surface area contributed by atoms with Crippen LogP contribution in [-0.2, 0) is 20.9 Å². The molecule has 2 atom stereocenters. The normalized spacial score (nSPS) is 20.9. The predicted molar refractivity (Wildman–Crippen MR) is 63.1 cm³/mol. The molecule has 0 aliphatic carbocycles. The molecule has 100 valence electrons. The van der Waals surface area contributed by atoms with Crippen LogP contribution in [0.3, 0.4) is 0 Å². The first-order valence-electron chi connectivity index (χ1n) is 5.58. The average Bonchev–Trinajstić information content (AvgIpc) is 2.40. The first-order chi connectivity index (χ1) is 9.08. The van der Waals surface area contributed by atoms with Crippen LogP contribution in [0.4, 0.5) is 4.79 Å². The minimum atomic E-state index is -1.20. The van der Waals surface area contributed by atoms with Crippen molar-refractivity contribution in [3.05, 3.63) is 35.9 Å². The maximum absolute atomic E-state index is 11.4. The van der Waals surface area contributed by atoms with Crippen LogP contribution in [-0.4, -0.2) is 35.2 Å². The number of benzene rings is 1. The van der Waals surface area contributed by atoms with Crippen LogP contribution in [0.25, 0.3) is 0 Å². The molecule has 0 unspecified atom stereocenters.